The van der Waals surface area contributed by atoms with Gasteiger partial charge in [-0.2, -0.15) is 5.10 Å². The zero-order valence-electron chi connectivity index (χ0n) is 11.3. The minimum atomic E-state index is 0.625. The van der Waals surface area contributed by atoms with E-state index in [1.165, 1.54) is 16.0 Å². The van der Waals surface area contributed by atoms with E-state index in [1.54, 1.807) is 7.11 Å². The highest BCUT2D eigenvalue weighted by atomic mass is 32.2. The third-order valence-corrected chi connectivity index (χ3v) is 4.23. The molecular weight excluding hydrogens is 268 g/mol. The van der Waals surface area contributed by atoms with Crippen LogP contribution in [0.15, 0.2) is 53.6 Å². The number of methoxy groups -OCH3 is 1. The van der Waals surface area contributed by atoms with Gasteiger partial charge < -0.3 is 4.74 Å². The maximum absolute atomic E-state index is 5.23. The van der Waals surface area contributed by atoms with Crippen LogP contribution in [0.5, 0.6) is 0 Å². The first-order valence-electron chi connectivity index (χ1n) is 6.48. The molecule has 0 aliphatic heterocycles. The summed E-state index contributed by atoms with van der Waals surface area (Å²) in [6.07, 6.45) is 1.86. The van der Waals surface area contributed by atoms with Gasteiger partial charge in [0.1, 0.15) is 0 Å². The van der Waals surface area contributed by atoms with Gasteiger partial charge in [-0.1, -0.05) is 30.3 Å². The number of thioether (sulfide) groups is 1. The number of nitrogens with one attached hydrogen (secondary N) is 1. The standard InChI is InChI=1S/C16H16N2OS/c1-19-10-13-7-14-9-17-18-16(14)15(8-13)20-11-12-5-3-2-4-6-12/h2-9H,10-11H2,1H3,(H,17,18). The Morgan fingerprint density at radius 1 is 1.15 bits per heavy atom. The lowest BCUT2D eigenvalue weighted by atomic mass is 10.2. The van der Waals surface area contributed by atoms with Crippen molar-refractivity contribution < 1.29 is 4.74 Å². The number of rotatable bonds is 5. The second kappa shape index (κ2) is 6.11. The van der Waals surface area contributed by atoms with Crippen molar-refractivity contribution in [3.63, 3.8) is 0 Å². The molecule has 0 atom stereocenters. The van der Waals surface area contributed by atoms with Crippen LogP contribution in [0.25, 0.3) is 10.9 Å². The highest BCUT2D eigenvalue weighted by molar-refractivity contribution is 7.98. The fourth-order valence-corrected chi connectivity index (χ4v) is 3.24. The summed E-state index contributed by atoms with van der Waals surface area (Å²) < 4.78 is 5.23. The van der Waals surface area contributed by atoms with Gasteiger partial charge in [0.25, 0.3) is 0 Å². The lowest BCUT2D eigenvalue weighted by Crippen LogP contribution is -1.89. The Labute approximate surface area is 122 Å². The predicted octanol–water partition coefficient (Wildman–Crippen LogP) is 4.00. The number of nitrogens with zero attached hydrogens (tertiary/aromatic N) is 1. The van der Waals surface area contributed by atoms with Crippen LogP contribution in [-0.4, -0.2) is 17.3 Å². The lowest BCUT2D eigenvalue weighted by Gasteiger charge is -2.07. The molecule has 0 aliphatic rings. The number of H-pyrrole nitrogens is 1. The second-order valence-electron chi connectivity index (χ2n) is 4.64. The highest BCUT2D eigenvalue weighted by Crippen LogP contribution is 2.30. The van der Waals surface area contributed by atoms with Gasteiger partial charge in [0.05, 0.1) is 18.3 Å². The van der Waals surface area contributed by atoms with E-state index in [9.17, 15) is 0 Å². The van der Waals surface area contributed by atoms with Crippen LogP contribution >= 0.6 is 11.8 Å². The number of benzene rings is 2. The van der Waals surface area contributed by atoms with Gasteiger partial charge in [-0.3, -0.25) is 5.10 Å². The highest BCUT2D eigenvalue weighted by Gasteiger charge is 2.07. The van der Waals surface area contributed by atoms with E-state index in [0.717, 1.165) is 16.7 Å². The predicted molar refractivity (Wildman–Crippen MR) is 82.8 cm³/mol. The fraction of sp³-hybridized carbons (Fsp3) is 0.188. The summed E-state index contributed by atoms with van der Waals surface area (Å²) in [6.45, 7) is 0.625. The molecule has 102 valence electrons. The molecule has 0 spiro atoms. The molecule has 0 saturated heterocycles. The molecule has 1 N–H and O–H groups in total. The zero-order valence-corrected chi connectivity index (χ0v) is 12.1. The van der Waals surface area contributed by atoms with Crippen LogP contribution in [-0.2, 0) is 17.1 Å². The first-order valence-corrected chi connectivity index (χ1v) is 7.47. The van der Waals surface area contributed by atoms with Gasteiger partial charge in [0.15, 0.2) is 0 Å². The lowest BCUT2D eigenvalue weighted by molar-refractivity contribution is 0.185. The molecule has 3 rings (SSSR count). The van der Waals surface area contributed by atoms with Crippen molar-refractivity contribution in [1.82, 2.24) is 10.2 Å². The Hall–Kier alpha value is -1.78. The van der Waals surface area contributed by atoms with Gasteiger partial charge >= 0.3 is 0 Å². The minimum absolute atomic E-state index is 0.625. The number of ether oxygens (including phenoxy) is 1. The fourth-order valence-electron chi connectivity index (χ4n) is 2.18. The summed E-state index contributed by atoms with van der Waals surface area (Å²) in [5.41, 5.74) is 3.60. The Morgan fingerprint density at radius 3 is 2.80 bits per heavy atom. The first-order chi connectivity index (χ1) is 9.86. The number of fused-ring (bicyclic) bond motifs is 1. The van der Waals surface area contributed by atoms with Crippen LogP contribution in [0, 0.1) is 0 Å². The molecule has 1 aromatic heterocycles. The molecule has 0 amide bonds. The van der Waals surface area contributed by atoms with E-state index in [4.69, 9.17) is 4.74 Å². The maximum Gasteiger partial charge on any atom is 0.0786 e. The molecule has 0 saturated carbocycles. The average Bonchev–Trinajstić information content (AvgIpc) is 2.95. The molecule has 4 heteroatoms. The van der Waals surface area contributed by atoms with E-state index in [-0.39, 0.29) is 0 Å². The summed E-state index contributed by atoms with van der Waals surface area (Å²) in [4.78, 5) is 1.22. The quantitative estimate of drug-likeness (QED) is 0.720. The van der Waals surface area contributed by atoms with Crippen molar-refractivity contribution in [2.75, 3.05) is 7.11 Å². The summed E-state index contributed by atoms with van der Waals surface area (Å²) in [5, 5.41) is 8.36. The number of aromatic nitrogens is 2. The molecule has 2 aromatic carbocycles. The summed E-state index contributed by atoms with van der Waals surface area (Å²) in [5.74, 6) is 0.950. The summed E-state index contributed by atoms with van der Waals surface area (Å²) in [6, 6.07) is 14.8. The van der Waals surface area contributed by atoms with Gasteiger partial charge in [-0.15, -0.1) is 11.8 Å². The van der Waals surface area contributed by atoms with Crippen LogP contribution in [0.3, 0.4) is 0 Å². The Kier molecular flexibility index (Phi) is 4.04. The molecule has 0 aliphatic carbocycles. The third kappa shape index (κ3) is 2.86. The molecular formula is C16H16N2OS. The minimum Gasteiger partial charge on any atom is -0.380 e. The van der Waals surface area contributed by atoms with Crippen molar-refractivity contribution in [3.8, 4) is 0 Å². The van der Waals surface area contributed by atoms with Crippen LogP contribution in [0.4, 0.5) is 0 Å². The molecule has 0 bridgehead atoms. The van der Waals surface area contributed by atoms with E-state index < -0.39 is 0 Å². The van der Waals surface area contributed by atoms with E-state index in [1.807, 2.05) is 24.0 Å². The number of aromatic amines is 1. The van der Waals surface area contributed by atoms with E-state index >= 15 is 0 Å². The Balaban J connectivity index is 1.87. The molecule has 0 fully saturated rings. The normalized spacial score (nSPS) is 11.1. The van der Waals surface area contributed by atoms with Crippen molar-refractivity contribution in [3.05, 3.63) is 59.8 Å². The van der Waals surface area contributed by atoms with Gasteiger partial charge in [-0.05, 0) is 23.3 Å². The molecule has 3 aromatic rings. The Morgan fingerprint density at radius 2 is 2.00 bits per heavy atom. The SMILES string of the molecule is COCc1cc(SCc2ccccc2)c2[nH]ncc2c1. The van der Waals surface area contributed by atoms with Crippen molar-refractivity contribution in [1.29, 1.82) is 0 Å². The largest absolute Gasteiger partial charge is 0.380 e. The second-order valence-corrected chi connectivity index (χ2v) is 5.65. The summed E-state index contributed by atoms with van der Waals surface area (Å²) >= 11 is 1.82. The maximum atomic E-state index is 5.23. The van der Waals surface area contributed by atoms with Crippen LogP contribution in [0.2, 0.25) is 0 Å². The molecule has 1 heterocycles. The van der Waals surface area contributed by atoms with Crippen molar-refractivity contribution >= 4 is 22.7 Å². The van der Waals surface area contributed by atoms with E-state index in [2.05, 4.69) is 46.6 Å². The van der Waals surface area contributed by atoms with Crippen LogP contribution < -0.4 is 0 Å². The number of hydrogen-bond donors (Lipinski definition) is 1. The molecule has 20 heavy (non-hydrogen) atoms. The van der Waals surface area contributed by atoms with Gasteiger partial charge in [0.2, 0.25) is 0 Å². The van der Waals surface area contributed by atoms with Gasteiger partial charge in [0, 0.05) is 23.1 Å². The zero-order chi connectivity index (χ0) is 13.8. The molecule has 3 nitrogen and oxygen atoms in total. The molecule has 0 unspecified atom stereocenters. The van der Waals surface area contributed by atoms with Crippen molar-refractivity contribution in [2.24, 2.45) is 0 Å². The van der Waals surface area contributed by atoms with Crippen molar-refractivity contribution in [2.45, 2.75) is 17.3 Å². The Bertz CT molecular complexity index is 694. The smallest absolute Gasteiger partial charge is 0.0786 e. The van der Waals surface area contributed by atoms with Gasteiger partial charge in [-0.25, -0.2) is 0 Å². The average molecular weight is 284 g/mol. The first kappa shape index (κ1) is 13.2. The van der Waals surface area contributed by atoms with E-state index in [0.29, 0.717) is 6.61 Å². The summed E-state index contributed by atoms with van der Waals surface area (Å²) in [7, 11) is 1.72. The topological polar surface area (TPSA) is 37.9 Å². The van der Waals surface area contributed by atoms with Crippen LogP contribution in [0.1, 0.15) is 11.1 Å². The monoisotopic (exact) mass is 284 g/mol. The molecule has 0 radical (unpaired) electrons. The third-order valence-electron chi connectivity index (χ3n) is 3.12. The number of hydrogen-bond acceptors (Lipinski definition) is 3.